The Morgan fingerprint density at radius 3 is 2.09 bits per heavy atom. The van der Waals surface area contributed by atoms with E-state index in [1.165, 1.54) is 18.2 Å². The van der Waals surface area contributed by atoms with Crippen LogP contribution in [0.4, 0.5) is 24.5 Å². The number of aliphatic carboxylic acids is 1. The number of rotatable bonds is 7. The Bertz CT molecular complexity index is 1220. The van der Waals surface area contributed by atoms with Gasteiger partial charge in [-0.3, -0.25) is 0 Å². The van der Waals surface area contributed by atoms with Gasteiger partial charge in [0.1, 0.15) is 11.5 Å². The highest BCUT2D eigenvalue weighted by atomic mass is 19.4. The molecule has 0 amide bonds. The van der Waals surface area contributed by atoms with Crippen LogP contribution in [0, 0.1) is 0 Å². The molecule has 5 N–H and O–H groups in total. The van der Waals surface area contributed by atoms with E-state index in [2.05, 4.69) is 4.74 Å². The second kappa shape index (κ2) is 9.99. The van der Waals surface area contributed by atoms with Crippen LogP contribution in [0.3, 0.4) is 0 Å². The Kier molecular flexibility index (Phi) is 7.10. The van der Waals surface area contributed by atoms with Gasteiger partial charge in [-0.25, -0.2) is 9.59 Å². The molecule has 7 nitrogen and oxygen atoms in total. The Hall–Kier alpha value is -4.47. The van der Waals surface area contributed by atoms with Gasteiger partial charge in [0.15, 0.2) is 0 Å². The molecule has 3 aromatic carbocycles. The average molecular weight is 472 g/mol. The Balaban J connectivity index is 1.69. The van der Waals surface area contributed by atoms with Crippen molar-refractivity contribution < 1.29 is 37.3 Å². The number of halogens is 3. The third-order valence-electron chi connectivity index (χ3n) is 4.58. The van der Waals surface area contributed by atoms with Gasteiger partial charge in [0.25, 0.3) is 0 Å². The van der Waals surface area contributed by atoms with Gasteiger partial charge in [0.05, 0.1) is 5.56 Å². The zero-order valence-electron chi connectivity index (χ0n) is 17.5. The lowest BCUT2D eigenvalue weighted by Crippen LogP contribution is -2.17. The number of carboxylic acid groups (broad SMARTS) is 1. The molecule has 0 heterocycles. The molecular formula is C24H19F3N2O5. The van der Waals surface area contributed by atoms with E-state index in [1.807, 2.05) is 0 Å². The summed E-state index contributed by atoms with van der Waals surface area (Å²) >= 11 is 0. The van der Waals surface area contributed by atoms with Gasteiger partial charge in [-0.2, -0.15) is 0 Å². The molecule has 0 aliphatic carbocycles. The lowest BCUT2D eigenvalue weighted by atomic mass is 10.0. The summed E-state index contributed by atoms with van der Waals surface area (Å²) < 4.78 is 45.6. The van der Waals surface area contributed by atoms with Crippen molar-refractivity contribution in [3.63, 3.8) is 0 Å². The minimum Gasteiger partial charge on any atom is -0.478 e. The van der Waals surface area contributed by atoms with Crippen molar-refractivity contribution in [3.8, 4) is 11.5 Å². The van der Waals surface area contributed by atoms with Gasteiger partial charge in [0, 0.05) is 23.4 Å². The van der Waals surface area contributed by atoms with Crippen LogP contribution in [0.2, 0.25) is 0 Å². The highest BCUT2D eigenvalue weighted by molar-refractivity contribution is 5.93. The van der Waals surface area contributed by atoms with E-state index >= 15 is 0 Å². The first kappa shape index (κ1) is 24.2. The van der Waals surface area contributed by atoms with Gasteiger partial charge in [-0.1, -0.05) is 18.2 Å². The summed E-state index contributed by atoms with van der Waals surface area (Å²) in [6.45, 7) is 0. The summed E-state index contributed by atoms with van der Waals surface area (Å²) in [6.07, 6.45) is -3.30. The molecule has 0 radical (unpaired) electrons. The van der Waals surface area contributed by atoms with Gasteiger partial charge in [-0.05, 0) is 65.7 Å². The van der Waals surface area contributed by atoms with Crippen LogP contribution >= 0.6 is 0 Å². The topological polar surface area (TPSA) is 125 Å². The Labute approximate surface area is 192 Å². The summed E-state index contributed by atoms with van der Waals surface area (Å²) in [6, 6.07) is 15.1. The van der Waals surface area contributed by atoms with Crippen molar-refractivity contribution in [1.82, 2.24) is 0 Å². The van der Waals surface area contributed by atoms with Gasteiger partial charge >= 0.3 is 18.3 Å². The third-order valence-corrected chi connectivity index (χ3v) is 4.58. The first-order valence-corrected chi connectivity index (χ1v) is 9.76. The Morgan fingerprint density at radius 1 is 0.912 bits per heavy atom. The number of alkyl halides is 3. The van der Waals surface area contributed by atoms with Gasteiger partial charge in [0.2, 0.25) is 0 Å². The molecule has 3 aromatic rings. The normalized spacial score (nSPS) is 11.7. The summed E-state index contributed by atoms with van der Waals surface area (Å²) in [4.78, 5) is 23.9. The maximum absolute atomic E-state index is 12.2. The number of esters is 1. The standard InChI is InChI=1S/C24H19F3N2O5/c25-24(26,27)34-20-9-4-15(5-10-20)23(32)33-19-7-1-14(2-8-19)11-17(22(30)31)12-16-3-6-18(28)13-21(16)29/h1-11,13H,12,28-29H2,(H,30,31)/b17-11+. The highest BCUT2D eigenvalue weighted by Gasteiger charge is 2.31. The summed E-state index contributed by atoms with van der Waals surface area (Å²) in [7, 11) is 0. The van der Waals surface area contributed by atoms with Crippen molar-refractivity contribution in [3.05, 3.63) is 89.0 Å². The minimum atomic E-state index is -4.83. The molecule has 0 aliphatic heterocycles. The van der Waals surface area contributed by atoms with Crippen molar-refractivity contribution in [2.45, 2.75) is 12.8 Å². The van der Waals surface area contributed by atoms with Crippen LogP contribution in [0.25, 0.3) is 6.08 Å². The highest BCUT2D eigenvalue weighted by Crippen LogP contribution is 2.24. The number of anilines is 2. The van der Waals surface area contributed by atoms with Crippen LogP contribution in [-0.4, -0.2) is 23.4 Å². The fraction of sp³-hybridized carbons (Fsp3) is 0.0833. The largest absolute Gasteiger partial charge is 0.573 e. The maximum atomic E-state index is 12.2. The summed E-state index contributed by atoms with van der Waals surface area (Å²) in [5, 5.41) is 9.55. The molecule has 176 valence electrons. The molecule has 0 unspecified atom stereocenters. The minimum absolute atomic E-state index is 0.0211. The fourth-order valence-corrected chi connectivity index (χ4v) is 2.96. The van der Waals surface area contributed by atoms with Crippen molar-refractivity contribution in [1.29, 1.82) is 0 Å². The van der Waals surface area contributed by atoms with Gasteiger partial charge in [-0.15, -0.1) is 13.2 Å². The molecule has 0 aromatic heterocycles. The molecule has 10 heteroatoms. The fourth-order valence-electron chi connectivity index (χ4n) is 2.96. The van der Waals surface area contributed by atoms with E-state index in [9.17, 15) is 27.9 Å². The smallest absolute Gasteiger partial charge is 0.478 e. The third kappa shape index (κ3) is 6.76. The number of carboxylic acids is 1. The molecule has 0 saturated heterocycles. The summed E-state index contributed by atoms with van der Waals surface area (Å²) in [5.41, 5.74) is 13.7. The molecule has 0 atom stereocenters. The lowest BCUT2D eigenvalue weighted by molar-refractivity contribution is -0.274. The molecule has 0 spiro atoms. The number of carbonyl (C=O) groups excluding carboxylic acids is 1. The molecule has 0 bridgehead atoms. The van der Waals surface area contributed by atoms with Crippen LogP contribution in [0.5, 0.6) is 11.5 Å². The number of hydrogen-bond acceptors (Lipinski definition) is 6. The van der Waals surface area contributed by atoms with E-state index in [0.717, 1.165) is 24.3 Å². The molecule has 3 rings (SSSR count). The first-order valence-electron chi connectivity index (χ1n) is 9.76. The number of ether oxygens (including phenoxy) is 2. The van der Waals surface area contributed by atoms with Crippen molar-refractivity contribution in [2.24, 2.45) is 0 Å². The number of benzene rings is 3. The van der Waals surface area contributed by atoms with Crippen LogP contribution in [-0.2, 0) is 11.2 Å². The zero-order chi connectivity index (χ0) is 24.9. The Morgan fingerprint density at radius 2 is 1.53 bits per heavy atom. The molecule has 0 fully saturated rings. The molecule has 0 aliphatic rings. The van der Waals surface area contributed by atoms with E-state index in [1.54, 1.807) is 30.3 Å². The number of carbonyl (C=O) groups is 2. The predicted octanol–water partition coefficient (Wildman–Crippen LogP) is 4.68. The number of nitrogen functional groups attached to an aromatic ring is 2. The SMILES string of the molecule is Nc1ccc(C/C(=C\c2ccc(OC(=O)c3ccc(OC(F)(F)F)cc3)cc2)C(=O)O)c(N)c1. The second-order valence-electron chi connectivity index (χ2n) is 7.14. The van der Waals surface area contributed by atoms with Gasteiger partial charge < -0.3 is 26.0 Å². The van der Waals surface area contributed by atoms with E-state index in [4.69, 9.17) is 16.2 Å². The quantitative estimate of drug-likeness (QED) is 0.197. The van der Waals surface area contributed by atoms with Crippen LogP contribution < -0.4 is 20.9 Å². The van der Waals surface area contributed by atoms with Crippen LogP contribution in [0.15, 0.2) is 72.3 Å². The predicted molar refractivity (Wildman–Crippen MR) is 119 cm³/mol. The van der Waals surface area contributed by atoms with Crippen LogP contribution in [0.1, 0.15) is 21.5 Å². The van der Waals surface area contributed by atoms with Crippen molar-refractivity contribution >= 4 is 29.4 Å². The van der Waals surface area contributed by atoms with Crippen molar-refractivity contribution in [2.75, 3.05) is 11.5 Å². The number of hydrogen-bond donors (Lipinski definition) is 3. The number of nitrogens with two attached hydrogens (primary N) is 2. The first-order chi connectivity index (χ1) is 16.0. The molecule has 0 saturated carbocycles. The van der Waals surface area contributed by atoms with E-state index in [-0.39, 0.29) is 23.3 Å². The monoisotopic (exact) mass is 472 g/mol. The van der Waals surface area contributed by atoms with E-state index < -0.39 is 24.1 Å². The molecular weight excluding hydrogens is 453 g/mol. The summed E-state index contributed by atoms with van der Waals surface area (Å²) in [5.74, 6) is -2.20. The lowest BCUT2D eigenvalue weighted by Gasteiger charge is -2.09. The maximum Gasteiger partial charge on any atom is 0.573 e. The average Bonchev–Trinajstić information content (AvgIpc) is 2.75. The zero-order valence-corrected chi connectivity index (χ0v) is 17.5. The second-order valence-corrected chi connectivity index (χ2v) is 7.14. The molecule has 34 heavy (non-hydrogen) atoms. The van der Waals surface area contributed by atoms with E-state index in [0.29, 0.717) is 22.5 Å².